The smallest absolute Gasteiger partial charge is 0.229 e. The lowest BCUT2D eigenvalue weighted by Gasteiger charge is -2.37. The Morgan fingerprint density at radius 2 is 1.71 bits per heavy atom. The van der Waals surface area contributed by atoms with Crippen molar-refractivity contribution in [2.24, 2.45) is 0 Å². The summed E-state index contributed by atoms with van der Waals surface area (Å²) in [5.41, 5.74) is 6.40. The molecule has 0 aliphatic carbocycles. The predicted octanol–water partition coefficient (Wildman–Crippen LogP) is 3.80. The van der Waals surface area contributed by atoms with E-state index in [0.29, 0.717) is 17.5 Å². The monoisotopic (exact) mass is 436 g/mol. The summed E-state index contributed by atoms with van der Waals surface area (Å²) in [4.78, 5) is 30.5. The molecule has 1 saturated heterocycles. The standard InChI is InChI=1S/C23H28N6OS/c1-15-5-6-16(2)20(11-15)28-7-9-29(10-8-28)21(30)13-19-14-31-23(26-19)27-22-24-17(3)12-18(4)25-22/h5-6,11-12,14H,7-10,13H2,1-4H3,(H,24,25,26,27). The summed E-state index contributed by atoms with van der Waals surface area (Å²) in [5.74, 6) is 0.660. The highest BCUT2D eigenvalue weighted by molar-refractivity contribution is 7.13. The molecule has 3 heterocycles. The van der Waals surface area contributed by atoms with Gasteiger partial charge in [-0.2, -0.15) is 0 Å². The van der Waals surface area contributed by atoms with Crippen molar-refractivity contribution in [3.63, 3.8) is 0 Å². The van der Waals surface area contributed by atoms with Crippen LogP contribution in [0.25, 0.3) is 0 Å². The first-order valence-corrected chi connectivity index (χ1v) is 11.4. The van der Waals surface area contributed by atoms with Gasteiger partial charge >= 0.3 is 0 Å². The predicted molar refractivity (Wildman–Crippen MR) is 125 cm³/mol. The van der Waals surface area contributed by atoms with Gasteiger partial charge in [0.25, 0.3) is 0 Å². The van der Waals surface area contributed by atoms with Crippen LogP contribution in [0.2, 0.25) is 0 Å². The van der Waals surface area contributed by atoms with E-state index >= 15 is 0 Å². The summed E-state index contributed by atoms with van der Waals surface area (Å²) in [6, 6.07) is 8.47. The summed E-state index contributed by atoms with van der Waals surface area (Å²) >= 11 is 1.46. The molecule has 1 aromatic carbocycles. The third kappa shape index (κ3) is 5.19. The summed E-state index contributed by atoms with van der Waals surface area (Å²) in [5, 5.41) is 5.77. The van der Waals surface area contributed by atoms with Crippen molar-refractivity contribution in [1.29, 1.82) is 0 Å². The van der Waals surface area contributed by atoms with E-state index in [1.165, 1.54) is 28.2 Å². The number of carbonyl (C=O) groups excluding carboxylic acids is 1. The fraction of sp³-hybridized carbons (Fsp3) is 0.391. The van der Waals surface area contributed by atoms with Crippen LogP contribution in [0.1, 0.15) is 28.2 Å². The highest BCUT2D eigenvalue weighted by Gasteiger charge is 2.23. The Morgan fingerprint density at radius 3 is 2.42 bits per heavy atom. The fourth-order valence-corrected chi connectivity index (χ4v) is 4.55. The number of anilines is 3. The number of hydrogen-bond acceptors (Lipinski definition) is 7. The molecule has 1 N–H and O–H groups in total. The molecule has 3 aromatic rings. The van der Waals surface area contributed by atoms with E-state index in [1.54, 1.807) is 0 Å². The molecule has 1 aliphatic heterocycles. The van der Waals surface area contributed by atoms with Crippen molar-refractivity contribution in [2.45, 2.75) is 34.1 Å². The van der Waals surface area contributed by atoms with Crippen LogP contribution in [0.4, 0.5) is 16.8 Å². The van der Waals surface area contributed by atoms with Gasteiger partial charge in [-0.25, -0.2) is 15.0 Å². The Balaban J connectivity index is 1.33. The third-order valence-electron chi connectivity index (χ3n) is 5.42. The van der Waals surface area contributed by atoms with Crippen LogP contribution < -0.4 is 10.2 Å². The molecule has 31 heavy (non-hydrogen) atoms. The van der Waals surface area contributed by atoms with Gasteiger partial charge in [0.05, 0.1) is 12.1 Å². The van der Waals surface area contributed by atoms with E-state index in [4.69, 9.17) is 0 Å². The Hall–Kier alpha value is -3.00. The maximum absolute atomic E-state index is 12.8. The molecule has 8 heteroatoms. The van der Waals surface area contributed by atoms with E-state index in [9.17, 15) is 4.79 Å². The highest BCUT2D eigenvalue weighted by atomic mass is 32.1. The van der Waals surface area contributed by atoms with Crippen LogP contribution in [0, 0.1) is 27.7 Å². The average Bonchev–Trinajstić information content (AvgIpc) is 3.15. The molecule has 1 fully saturated rings. The molecule has 0 bridgehead atoms. The van der Waals surface area contributed by atoms with Crippen LogP contribution in [0.3, 0.4) is 0 Å². The second kappa shape index (κ2) is 9.01. The first-order valence-electron chi connectivity index (χ1n) is 10.5. The molecule has 0 atom stereocenters. The number of hydrogen-bond donors (Lipinski definition) is 1. The summed E-state index contributed by atoms with van der Waals surface area (Å²) in [7, 11) is 0. The van der Waals surface area contributed by atoms with Crippen molar-refractivity contribution in [3.8, 4) is 0 Å². The van der Waals surface area contributed by atoms with Crippen molar-refractivity contribution in [1.82, 2.24) is 19.9 Å². The van der Waals surface area contributed by atoms with Crippen molar-refractivity contribution < 1.29 is 4.79 Å². The van der Waals surface area contributed by atoms with Gasteiger partial charge < -0.3 is 15.1 Å². The van der Waals surface area contributed by atoms with E-state index in [-0.39, 0.29) is 5.91 Å². The molecule has 0 unspecified atom stereocenters. The van der Waals surface area contributed by atoms with Gasteiger partial charge in [0.2, 0.25) is 11.9 Å². The van der Waals surface area contributed by atoms with Crippen molar-refractivity contribution in [3.05, 3.63) is 57.9 Å². The number of carbonyl (C=O) groups is 1. The second-order valence-corrected chi connectivity index (χ2v) is 8.94. The van der Waals surface area contributed by atoms with Gasteiger partial charge in [-0.3, -0.25) is 4.79 Å². The Bertz CT molecular complexity index is 1070. The highest BCUT2D eigenvalue weighted by Crippen LogP contribution is 2.24. The van der Waals surface area contributed by atoms with Crippen LogP contribution >= 0.6 is 11.3 Å². The summed E-state index contributed by atoms with van der Waals surface area (Å²) in [6.07, 6.45) is 0.315. The van der Waals surface area contributed by atoms with E-state index in [1.807, 2.05) is 30.2 Å². The molecular weight excluding hydrogens is 408 g/mol. The number of rotatable bonds is 5. The number of amides is 1. The minimum absolute atomic E-state index is 0.125. The summed E-state index contributed by atoms with van der Waals surface area (Å²) < 4.78 is 0. The normalized spacial score (nSPS) is 14.1. The quantitative estimate of drug-likeness (QED) is 0.656. The number of piperazine rings is 1. The topological polar surface area (TPSA) is 74.2 Å². The maximum Gasteiger partial charge on any atom is 0.229 e. The Labute approximate surface area is 187 Å². The number of nitrogens with zero attached hydrogens (tertiary/aromatic N) is 5. The molecule has 1 aliphatic rings. The van der Waals surface area contributed by atoms with E-state index < -0.39 is 0 Å². The first-order chi connectivity index (χ1) is 14.9. The van der Waals surface area contributed by atoms with Crippen LogP contribution in [0.15, 0.2) is 29.6 Å². The minimum Gasteiger partial charge on any atom is -0.368 e. The van der Waals surface area contributed by atoms with Gasteiger partial charge in [0.15, 0.2) is 5.13 Å². The number of nitrogens with one attached hydrogen (secondary N) is 1. The van der Waals surface area contributed by atoms with Gasteiger partial charge in [-0.15, -0.1) is 11.3 Å². The van der Waals surface area contributed by atoms with Gasteiger partial charge in [0, 0.05) is 48.6 Å². The van der Waals surface area contributed by atoms with E-state index in [2.05, 4.69) is 57.2 Å². The zero-order chi connectivity index (χ0) is 22.0. The average molecular weight is 437 g/mol. The van der Waals surface area contributed by atoms with Gasteiger partial charge in [0.1, 0.15) is 0 Å². The molecule has 0 radical (unpaired) electrons. The third-order valence-corrected chi connectivity index (χ3v) is 6.23. The summed E-state index contributed by atoms with van der Waals surface area (Å²) in [6.45, 7) is 11.3. The Morgan fingerprint density at radius 1 is 1.00 bits per heavy atom. The maximum atomic E-state index is 12.8. The lowest BCUT2D eigenvalue weighted by Crippen LogP contribution is -2.49. The lowest BCUT2D eigenvalue weighted by atomic mass is 10.1. The minimum atomic E-state index is 0.125. The second-order valence-electron chi connectivity index (χ2n) is 8.08. The SMILES string of the molecule is Cc1ccc(C)c(N2CCN(C(=O)Cc3csc(Nc4nc(C)cc(C)n4)n3)CC2)c1. The zero-order valence-electron chi connectivity index (χ0n) is 18.5. The van der Waals surface area contributed by atoms with Crippen LogP contribution in [-0.2, 0) is 11.2 Å². The molecule has 0 spiro atoms. The molecule has 2 aromatic heterocycles. The zero-order valence-corrected chi connectivity index (χ0v) is 19.3. The number of benzene rings is 1. The molecule has 7 nitrogen and oxygen atoms in total. The lowest BCUT2D eigenvalue weighted by molar-refractivity contribution is -0.130. The molecule has 4 rings (SSSR count). The molecule has 0 saturated carbocycles. The number of thiazole rings is 1. The molecular formula is C23H28N6OS. The number of aryl methyl sites for hydroxylation is 4. The Kier molecular flexibility index (Phi) is 6.18. The molecule has 162 valence electrons. The van der Waals surface area contributed by atoms with Gasteiger partial charge in [-0.1, -0.05) is 12.1 Å². The first kappa shape index (κ1) is 21.2. The number of aromatic nitrogens is 3. The van der Waals surface area contributed by atoms with Crippen molar-refractivity contribution in [2.75, 3.05) is 36.4 Å². The van der Waals surface area contributed by atoms with Crippen LogP contribution in [-0.4, -0.2) is 51.9 Å². The fourth-order valence-electron chi connectivity index (χ4n) is 3.85. The van der Waals surface area contributed by atoms with Crippen molar-refractivity contribution >= 4 is 34.0 Å². The largest absolute Gasteiger partial charge is 0.368 e. The van der Waals surface area contributed by atoms with Gasteiger partial charge in [-0.05, 0) is 51.0 Å². The van der Waals surface area contributed by atoms with Crippen LogP contribution in [0.5, 0.6) is 0 Å². The molecule has 1 amide bonds. The van der Waals surface area contributed by atoms with E-state index in [0.717, 1.165) is 43.3 Å².